The molecule has 2 rings (SSSR count). The fourth-order valence-corrected chi connectivity index (χ4v) is 2.37. The van der Waals surface area contributed by atoms with E-state index in [0.29, 0.717) is 25.2 Å². The molecular formula is C13H14ClFN2O2. The van der Waals surface area contributed by atoms with Crippen LogP contribution in [0, 0.1) is 11.7 Å². The van der Waals surface area contributed by atoms with Crippen LogP contribution in [0.25, 0.3) is 0 Å². The molecule has 1 fully saturated rings. The molecule has 1 aromatic carbocycles. The van der Waals surface area contributed by atoms with Gasteiger partial charge in [0.2, 0.25) is 0 Å². The van der Waals surface area contributed by atoms with Crippen molar-refractivity contribution in [1.82, 2.24) is 4.90 Å². The molecule has 1 aliphatic rings. The Labute approximate surface area is 115 Å². The molecule has 19 heavy (non-hydrogen) atoms. The first-order chi connectivity index (χ1) is 9.04. The minimum Gasteiger partial charge on any atom is -0.411 e. The van der Waals surface area contributed by atoms with Crippen LogP contribution in [0.1, 0.15) is 23.7 Å². The van der Waals surface area contributed by atoms with E-state index in [2.05, 4.69) is 5.16 Å². The van der Waals surface area contributed by atoms with Gasteiger partial charge in [0, 0.05) is 25.4 Å². The van der Waals surface area contributed by atoms with Gasteiger partial charge in [-0.2, -0.15) is 0 Å². The Hall–Kier alpha value is -1.62. The van der Waals surface area contributed by atoms with Gasteiger partial charge in [-0.3, -0.25) is 4.79 Å². The number of rotatable bonds is 1. The molecule has 1 unspecified atom stereocenters. The topological polar surface area (TPSA) is 52.9 Å². The summed E-state index contributed by atoms with van der Waals surface area (Å²) in [5.74, 6) is -1.11. The van der Waals surface area contributed by atoms with E-state index in [1.54, 1.807) is 11.0 Å². The first-order valence-corrected chi connectivity index (χ1v) is 6.36. The number of hydrogen-bond donors (Lipinski definition) is 1. The molecule has 1 atom stereocenters. The highest BCUT2D eigenvalue weighted by Gasteiger charge is 2.28. The number of carbonyl (C=O) groups excluding carboxylic acids is 1. The molecule has 1 aliphatic heterocycles. The van der Waals surface area contributed by atoms with Crippen LogP contribution in [0.5, 0.6) is 0 Å². The van der Waals surface area contributed by atoms with E-state index in [0.717, 1.165) is 0 Å². The maximum Gasteiger partial charge on any atom is 0.256 e. The summed E-state index contributed by atoms with van der Waals surface area (Å²) < 4.78 is 13.8. The van der Waals surface area contributed by atoms with Crippen LogP contribution < -0.4 is 0 Å². The van der Waals surface area contributed by atoms with Crippen molar-refractivity contribution in [3.8, 4) is 0 Å². The SMILES string of the molecule is CC1CN(C(=O)c2cccc(Cl)c2F)CC/C1=N\O. The van der Waals surface area contributed by atoms with Crippen LogP contribution in [0.2, 0.25) is 5.02 Å². The van der Waals surface area contributed by atoms with Gasteiger partial charge < -0.3 is 10.1 Å². The first-order valence-electron chi connectivity index (χ1n) is 5.98. The Balaban J connectivity index is 2.19. The molecule has 1 N–H and O–H groups in total. The van der Waals surface area contributed by atoms with E-state index in [1.807, 2.05) is 6.92 Å². The number of likely N-dealkylation sites (tertiary alicyclic amines) is 1. The van der Waals surface area contributed by atoms with E-state index in [9.17, 15) is 9.18 Å². The van der Waals surface area contributed by atoms with Crippen molar-refractivity contribution in [1.29, 1.82) is 0 Å². The Kier molecular flexibility index (Phi) is 4.04. The fraction of sp³-hybridized carbons (Fsp3) is 0.385. The number of piperidine rings is 1. The summed E-state index contributed by atoms with van der Waals surface area (Å²) in [6, 6.07) is 4.37. The normalized spacial score (nSPS) is 21.7. The highest BCUT2D eigenvalue weighted by Crippen LogP contribution is 2.22. The highest BCUT2D eigenvalue weighted by atomic mass is 35.5. The second-order valence-corrected chi connectivity index (χ2v) is 5.00. The van der Waals surface area contributed by atoms with Gasteiger partial charge in [-0.1, -0.05) is 29.7 Å². The number of carbonyl (C=O) groups is 1. The average Bonchev–Trinajstić information content (AvgIpc) is 2.41. The van der Waals surface area contributed by atoms with Gasteiger partial charge in [0.15, 0.2) is 5.82 Å². The largest absolute Gasteiger partial charge is 0.411 e. The zero-order chi connectivity index (χ0) is 14.0. The zero-order valence-electron chi connectivity index (χ0n) is 10.4. The predicted octanol–water partition coefficient (Wildman–Crippen LogP) is 2.79. The van der Waals surface area contributed by atoms with Crippen LogP contribution in [0.15, 0.2) is 23.4 Å². The predicted molar refractivity (Wildman–Crippen MR) is 70.3 cm³/mol. The summed E-state index contributed by atoms with van der Waals surface area (Å²) in [4.78, 5) is 13.8. The molecule has 0 saturated carbocycles. The molecule has 1 saturated heterocycles. The molecule has 0 aromatic heterocycles. The van der Waals surface area contributed by atoms with Gasteiger partial charge in [-0.05, 0) is 12.1 Å². The van der Waals surface area contributed by atoms with Crippen molar-refractivity contribution in [2.24, 2.45) is 11.1 Å². The van der Waals surface area contributed by atoms with E-state index < -0.39 is 5.82 Å². The molecule has 0 aliphatic carbocycles. The molecule has 0 radical (unpaired) electrons. The Morgan fingerprint density at radius 2 is 2.32 bits per heavy atom. The first kappa shape index (κ1) is 13.8. The van der Waals surface area contributed by atoms with Crippen LogP contribution in [-0.4, -0.2) is 34.8 Å². The van der Waals surface area contributed by atoms with Crippen LogP contribution in [-0.2, 0) is 0 Å². The van der Waals surface area contributed by atoms with E-state index in [1.165, 1.54) is 12.1 Å². The summed E-state index contributed by atoms with van der Waals surface area (Å²) in [7, 11) is 0. The molecular weight excluding hydrogens is 271 g/mol. The van der Waals surface area contributed by atoms with Crippen molar-refractivity contribution >= 4 is 23.2 Å². The number of amides is 1. The van der Waals surface area contributed by atoms with Gasteiger partial charge >= 0.3 is 0 Å². The fourth-order valence-electron chi connectivity index (χ4n) is 2.20. The second kappa shape index (κ2) is 5.57. The van der Waals surface area contributed by atoms with E-state index >= 15 is 0 Å². The summed E-state index contributed by atoms with van der Waals surface area (Å²) >= 11 is 5.67. The molecule has 0 spiro atoms. The summed E-state index contributed by atoms with van der Waals surface area (Å²) in [5.41, 5.74) is 0.639. The van der Waals surface area contributed by atoms with Crippen molar-refractivity contribution in [2.75, 3.05) is 13.1 Å². The summed E-state index contributed by atoms with van der Waals surface area (Å²) in [6.45, 7) is 2.68. The van der Waals surface area contributed by atoms with Crippen LogP contribution in [0.3, 0.4) is 0 Å². The Bertz CT molecular complexity index is 533. The van der Waals surface area contributed by atoms with Crippen molar-refractivity contribution in [3.63, 3.8) is 0 Å². The number of benzene rings is 1. The summed E-state index contributed by atoms with van der Waals surface area (Å²) in [6.07, 6.45) is 0.492. The molecule has 1 aromatic rings. The van der Waals surface area contributed by atoms with Gasteiger partial charge in [-0.15, -0.1) is 0 Å². The second-order valence-electron chi connectivity index (χ2n) is 4.59. The number of halogens is 2. The smallest absolute Gasteiger partial charge is 0.256 e. The number of oxime groups is 1. The lowest BCUT2D eigenvalue weighted by atomic mass is 9.97. The molecule has 6 heteroatoms. The Morgan fingerprint density at radius 1 is 1.58 bits per heavy atom. The van der Waals surface area contributed by atoms with Crippen LogP contribution >= 0.6 is 11.6 Å². The van der Waals surface area contributed by atoms with E-state index in [-0.39, 0.29) is 22.4 Å². The maximum absolute atomic E-state index is 13.8. The van der Waals surface area contributed by atoms with Gasteiger partial charge in [-0.25, -0.2) is 4.39 Å². The van der Waals surface area contributed by atoms with Crippen LogP contribution in [0.4, 0.5) is 4.39 Å². The maximum atomic E-state index is 13.8. The minimum absolute atomic E-state index is 0.0240. The average molecular weight is 285 g/mol. The molecule has 4 nitrogen and oxygen atoms in total. The zero-order valence-corrected chi connectivity index (χ0v) is 11.2. The molecule has 102 valence electrons. The van der Waals surface area contributed by atoms with Gasteiger partial charge in [0.05, 0.1) is 16.3 Å². The van der Waals surface area contributed by atoms with Crippen molar-refractivity contribution < 1.29 is 14.4 Å². The lowest BCUT2D eigenvalue weighted by molar-refractivity contribution is 0.0729. The van der Waals surface area contributed by atoms with Gasteiger partial charge in [0.1, 0.15) is 0 Å². The lowest BCUT2D eigenvalue weighted by Gasteiger charge is -2.31. The molecule has 1 heterocycles. The summed E-state index contributed by atoms with van der Waals surface area (Å²) in [5, 5.41) is 11.9. The third kappa shape index (κ3) is 2.71. The molecule has 0 bridgehead atoms. The monoisotopic (exact) mass is 284 g/mol. The third-order valence-electron chi connectivity index (χ3n) is 3.30. The number of hydrogen-bond acceptors (Lipinski definition) is 3. The standard InChI is InChI=1S/C13H14ClFN2O2/c1-8-7-17(6-5-11(8)16-19)13(18)9-3-2-4-10(14)12(9)15/h2-4,8,19H,5-7H2,1H3/b16-11+. The number of nitrogens with zero attached hydrogens (tertiary/aromatic N) is 2. The lowest BCUT2D eigenvalue weighted by Crippen LogP contribution is -2.43. The van der Waals surface area contributed by atoms with Gasteiger partial charge in [0.25, 0.3) is 5.91 Å². The highest BCUT2D eigenvalue weighted by molar-refractivity contribution is 6.31. The third-order valence-corrected chi connectivity index (χ3v) is 3.59. The van der Waals surface area contributed by atoms with Crippen molar-refractivity contribution in [2.45, 2.75) is 13.3 Å². The minimum atomic E-state index is -0.691. The quantitative estimate of drug-likeness (QED) is 0.637. The Morgan fingerprint density at radius 3 is 2.95 bits per heavy atom. The van der Waals surface area contributed by atoms with E-state index in [4.69, 9.17) is 16.8 Å². The van der Waals surface area contributed by atoms with Crippen molar-refractivity contribution in [3.05, 3.63) is 34.6 Å². The molecule has 1 amide bonds.